The highest BCUT2D eigenvalue weighted by Crippen LogP contribution is 2.28. The van der Waals surface area contributed by atoms with Crippen molar-refractivity contribution in [2.75, 3.05) is 0 Å². The average molecular weight is 205 g/mol. The van der Waals surface area contributed by atoms with E-state index in [1.54, 1.807) is 0 Å². The second kappa shape index (κ2) is 4.96. The van der Waals surface area contributed by atoms with Gasteiger partial charge in [0.05, 0.1) is 6.04 Å². The van der Waals surface area contributed by atoms with Crippen LogP contribution in [-0.2, 0) is 4.79 Å². The summed E-state index contributed by atoms with van der Waals surface area (Å²) in [5.41, 5.74) is 1.37. The Morgan fingerprint density at radius 2 is 1.87 bits per heavy atom. The largest absolute Gasteiger partial charge is 0.352 e. The maximum absolute atomic E-state index is 10.6. The molecule has 0 aliphatic rings. The Bertz CT molecular complexity index is 300. The lowest BCUT2D eigenvalue weighted by atomic mass is 9.85. The fraction of sp³-hybridized carbons (Fsp3) is 0.462. The monoisotopic (exact) mass is 205 g/mol. The van der Waals surface area contributed by atoms with Gasteiger partial charge >= 0.3 is 0 Å². The molecule has 1 aromatic rings. The van der Waals surface area contributed by atoms with Crippen LogP contribution in [0.1, 0.15) is 38.8 Å². The third-order valence-electron chi connectivity index (χ3n) is 2.29. The first kappa shape index (κ1) is 11.8. The number of hydrogen-bond acceptors (Lipinski definition) is 1. The van der Waals surface area contributed by atoms with Crippen LogP contribution in [0.4, 0.5) is 0 Å². The van der Waals surface area contributed by atoms with Gasteiger partial charge in [-0.15, -0.1) is 0 Å². The zero-order valence-corrected chi connectivity index (χ0v) is 9.66. The van der Waals surface area contributed by atoms with Gasteiger partial charge in [0, 0.05) is 0 Å². The third-order valence-corrected chi connectivity index (χ3v) is 2.29. The van der Waals surface area contributed by atoms with Gasteiger partial charge in [-0.3, -0.25) is 4.79 Å². The van der Waals surface area contributed by atoms with Crippen molar-refractivity contribution < 1.29 is 4.79 Å². The summed E-state index contributed by atoms with van der Waals surface area (Å²) in [5.74, 6) is 0. The SMILES string of the molecule is CC(C)(C)CC(NC=O)c1ccccc1. The van der Waals surface area contributed by atoms with Gasteiger partial charge in [-0.1, -0.05) is 51.1 Å². The fourth-order valence-electron chi connectivity index (χ4n) is 1.65. The van der Waals surface area contributed by atoms with Gasteiger partial charge in [0.2, 0.25) is 6.41 Å². The van der Waals surface area contributed by atoms with Crippen LogP contribution in [0.5, 0.6) is 0 Å². The highest BCUT2D eigenvalue weighted by atomic mass is 16.1. The first-order valence-corrected chi connectivity index (χ1v) is 5.27. The van der Waals surface area contributed by atoms with E-state index in [-0.39, 0.29) is 11.5 Å². The zero-order chi connectivity index (χ0) is 11.3. The Morgan fingerprint density at radius 3 is 2.33 bits per heavy atom. The second-order valence-electron chi connectivity index (χ2n) is 5.01. The van der Waals surface area contributed by atoms with E-state index in [0.717, 1.165) is 12.8 Å². The van der Waals surface area contributed by atoms with Crippen molar-refractivity contribution in [3.63, 3.8) is 0 Å². The smallest absolute Gasteiger partial charge is 0.207 e. The molecular weight excluding hydrogens is 186 g/mol. The molecule has 2 nitrogen and oxygen atoms in total. The molecule has 0 aliphatic heterocycles. The van der Waals surface area contributed by atoms with Crippen molar-refractivity contribution in [2.24, 2.45) is 5.41 Å². The van der Waals surface area contributed by atoms with E-state index in [4.69, 9.17) is 0 Å². The molecule has 0 bridgehead atoms. The van der Waals surface area contributed by atoms with E-state index in [1.807, 2.05) is 30.3 Å². The highest BCUT2D eigenvalue weighted by molar-refractivity contribution is 5.47. The van der Waals surface area contributed by atoms with Crippen LogP contribution in [-0.4, -0.2) is 6.41 Å². The minimum atomic E-state index is 0.115. The first-order valence-electron chi connectivity index (χ1n) is 5.27. The topological polar surface area (TPSA) is 29.1 Å². The predicted molar refractivity (Wildman–Crippen MR) is 62.5 cm³/mol. The number of rotatable bonds is 4. The average Bonchev–Trinajstić information content (AvgIpc) is 2.17. The maximum atomic E-state index is 10.6. The van der Waals surface area contributed by atoms with Crippen LogP contribution in [0.2, 0.25) is 0 Å². The quantitative estimate of drug-likeness (QED) is 0.752. The molecule has 0 saturated carbocycles. The standard InChI is InChI=1S/C13H19NO/c1-13(2,3)9-12(14-10-15)11-7-5-4-6-8-11/h4-8,10,12H,9H2,1-3H3,(H,14,15). The minimum absolute atomic E-state index is 0.115. The molecule has 1 rings (SSSR count). The van der Waals surface area contributed by atoms with Gasteiger partial charge in [0.15, 0.2) is 0 Å². The van der Waals surface area contributed by atoms with Crippen molar-refractivity contribution in [1.29, 1.82) is 0 Å². The lowest BCUT2D eigenvalue weighted by Gasteiger charge is -2.25. The van der Waals surface area contributed by atoms with Crippen molar-refractivity contribution in [1.82, 2.24) is 5.32 Å². The van der Waals surface area contributed by atoms with Gasteiger partial charge in [0.1, 0.15) is 0 Å². The summed E-state index contributed by atoms with van der Waals surface area (Å²) < 4.78 is 0. The normalized spacial score (nSPS) is 13.3. The molecule has 1 aromatic carbocycles. The number of benzene rings is 1. The Morgan fingerprint density at radius 1 is 1.27 bits per heavy atom. The summed E-state index contributed by atoms with van der Waals surface area (Å²) in [7, 11) is 0. The van der Waals surface area contributed by atoms with Crippen molar-refractivity contribution in [2.45, 2.75) is 33.2 Å². The summed E-state index contributed by atoms with van der Waals surface area (Å²) in [6.45, 7) is 6.53. The molecule has 1 amide bonds. The fourth-order valence-corrected chi connectivity index (χ4v) is 1.65. The molecule has 82 valence electrons. The van der Waals surface area contributed by atoms with E-state index in [0.29, 0.717) is 0 Å². The number of nitrogens with one attached hydrogen (secondary N) is 1. The van der Waals surface area contributed by atoms with Gasteiger partial charge in [-0.2, -0.15) is 0 Å². The summed E-state index contributed by atoms with van der Waals surface area (Å²) >= 11 is 0. The third kappa shape index (κ3) is 4.15. The lowest BCUT2D eigenvalue weighted by molar-refractivity contribution is -0.110. The molecule has 0 heterocycles. The zero-order valence-electron chi connectivity index (χ0n) is 9.66. The van der Waals surface area contributed by atoms with Crippen LogP contribution in [0, 0.1) is 5.41 Å². The van der Waals surface area contributed by atoms with Crippen molar-refractivity contribution >= 4 is 6.41 Å². The predicted octanol–water partition coefficient (Wildman–Crippen LogP) is 2.91. The molecule has 0 saturated heterocycles. The molecule has 0 fully saturated rings. The Hall–Kier alpha value is -1.31. The van der Waals surface area contributed by atoms with Crippen LogP contribution < -0.4 is 5.32 Å². The van der Waals surface area contributed by atoms with Gasteiger partial charge in [0.25, 0.3) is 0 Å². The highest BCUT2D eigenvalue weighted by Gasteiger charge is 2.19. The van der Waals surface area contributed by atoms with E-state index in [9.17, 15) is 4.79 Å². The van der Waals surface area contributed by atoms with E-state index >= 15 is 0 Å². The maximum Gasteiger partial charge on any atom is 0.207 e. The second-order valence-corrected chi connectivity index (χ2v) is 5.01. The summed E-state index contributed by atoms with van der Waals surface area (Å²) in [4.78, 5) is 10.6. The Labute approximate surface area is 91.7 Å². The molecule has 0 radical (unpaired) electrons. The Balaban J connectivity index is 2.79. The van der Waals surface area contributed by atoms with E-state index in [2.05, 4.69) is 26.1 Å². The summed E-state index contributed by atoms with van der Waals surface area (Å²) in [6.07, 6.45) is 1.72. The number of carbonyl (C=O) groups excluding carboxylic acids is 1. The molecule has 1 N–H and O–H groups in total. The van der Waals surface area contributed by atoms with Crippen LogP contribution in [0.15, 0.2) is 30.3 Å². The van der Waals surface area contributed by atoms with Gasteiger partial charge < -0.3 is 5.32 Å². The molecule has 2 heteroatoms. The van der Waals surface area contributed by atoms with Crippen molar-refractivity contribution in [3.8, 4) is 0 Å². The minimum Gasteiger partial charge on any atom is -0.352 e. The van der Waals surface area contributed by atoms with Gasteiger partial charge in [-0.05, 0) is 17.4 Å². The van der Waals surface area contributed by atoms with Crippen LogP contribution >= 0.6 is 0 Å². The number of carbonyl (C=O) groups is 1. The van der Waals surface area contributed by atoms with Crippen LogP contribution in [0.25, 0.3) is 0 Å². The molecule has 0 aromatic heterocycles. The molecule has 0 aliphatic carbocycles. The van der Waals surface area contributed by atoms with Crippen molar-refractivity contribution in [3.05, 3.63) is 35.9 Å². The molecule has 1 unspecified atom stereocenters. The summed E-state index contributed by atoms with van der Waals surface area (Å²) in [6, 6.07) is 10.2. The number of hydrogen-bond donors (Lipinski definition) is 1. The van der Waals surface area contributed by atoms with Crippen LogP contribution in [0.3, 0.4) is 0 Å². The molecule has 0 spiro atoms. The number of amides is 1. The van der Waals surface area contributed by atoms with E-state index < -0.39 is 0 Å². The molecular formula is C13H19NO. The molecule has 1 atom stereocenters. The Kier molecular flexibility index (Phi) is 3.89. The summed E-state index contributed by atoms with van der Waals surface area (Å²) in [5, 5.41) is 2.87. The van der Waals surface area contributed by atoms with E-state index in [1.165, 1.54) is 5.56 Å². The van der Waals surface area contributed by atoms with Gasteiger partial charge in [-0.25, -0.2) is 0 Å². The first-order chi connectivity index (χ1) is 7.03. The molecule has 15 heavy (non-hydrogen) atoms. The lowest BCUT2D eigenvalue weighted by Crippen LogP contribution is -2.24.